The minimum absolute atomic E-state index is 0.150. The summed E-state index contributed by atoms with van der Waals surface area (Å²) in [6.07, 6.45) is 0.774. The summed E-state index contributed by atoms with van der Waals surface area (Å²) in [7, 11) is 6.13. The number of hydrogen-bond donors (Lipinski definition) is 0. The lowest BCUT2D eigenvalue weighted by molar-refractivity contribution is -0.140. The van der Waals surface area contributed by atoms with Gasteiger partial charge in [0.2, 0.25) is 0 Å². The smallest absolute Gasteiger partial charge is 0.306 e. The summed E-state index contributed by atoms with van der Waals surface area (Å²) in [6.45, 7) is 0. The third kappa shape index (κ3) is 5.78. The van der Waals surface area contributed by atoms with E-state index in [0.29, 0.717) is 23.7 Å². The van der Waals surface area contributed by atoms with Gasteiger partial charge in [-0.15, -0.1) is 0 Å². The molecule has 8 nitrogen and oxygen atoms in total. The molecule has 0 saturated heterocycles. The van der Waals surface area contributed by atoms with E-state index < -0.39 is 0 Å². The van der Waals surface area contributed by atoms with Crippen LogP contribution in [0.5, 0.6) is 17.2 Å². The molecule has 0 aromatic heterocycles. The number of carbonyl (C=O) groups excluding carboxylic acids is 2. The largest absolute Gasteiger partial charge is 0.497 e. The summed E-state index contributed by atoms with van der Waals surface area (Å²) < 4.78 is 21.0. The zero-order chi connectivity index (χ0) is 23.8. The van der Waals surface area contributed by atoms with Crippen LogP contribution in [0.3, 0.4) is 0 Å². The lowest BCUT2D eigenvalue weighted by atomic mass is 9.97. The van der Waals surface area contributed by atoms with Gasteiger partial charge < -0.3 is 18.9 Å². The number of ether oxygens (including phenoxy) is 4. The summed E-state index contributed by atoms with van der Waals surface area (Å²) in [5.74, 6) is 2.16. The average molecular weight is 473 g/mol. The van der Waals surface area contributed by atoms with Crippen molar-refractivity contribution < 1.29 is 28.5 Å². The molecule has 1 amide bonds. The molecule has 0 aliphatic carbocycles. The molecule has 1 aliphatic heterocycles. The minimum Gasteiger partial charge on any atom is -0.497 e. The van der Waals surface area contributed by atoms with Gasteiger partial charge in [-0.1, -0.05) is 12.1 Å². The van der Waals surface area contributed by atoms with E-state index in [9.17, 15) is 9.59 Å². The van der Waals surface area contributed by atoms with Crippen molar-refractivity contribution in [1.82, 2.24) is 5.01 Å². The first-order valence-corrected chi connectivity index (χ1v) is 11.6. The highest BCUT2D eigenvalue weighted by Crippen LogP contribution is 2.42. The van der Waals surface area contributed by atoms with Crippen LogP contribution in [0.2, 0.25) is 0 Å². The minimum atomic E-state index is -0.346. The zero-order valence-electron chi connectivity index (χ0n) is 19.2. The maximum absolute atomic E-state index is 13.2. The molecule has 2 aromatic rings. The Morgan fingerprint density at radius 2 is 1.79 bits per heavy atom. The van der Waals surface area contributed by atoms with Crippen LogP contribution in [0.15, 0.2) is 47.6 Å². The number of carbonyl (C=O) groups is 2. The van der Waals surface area contributed by atoms with Crippen molar-refractivity contribution >= 4 is 29.4 Å². The van der Waals surface area contributed by atoms with Crippen LogP contribution in [0.4, 0.5) is 0 Å². The molecule has 0 fully saturated rings. The molecule has 33 heavy (non-hydrogen) atoms. The predicted octanol–water partition coefficient (Wildman–Crippen LogP) is 3.69. The molecule has 0 saturated carbocycles. The molecule has 2 aromatic carbocycles. The van der Waals surface area contributed by atoms with E-state index in [1.165, 1.54) is 23.9 Å². The molecule has 1 heterocycles. The molecule has 0 unspecified atom stereocenters. The molecular formula is C24H28N2O6S. The van der Waals surface area contributed by atoms with E-state index in [1.54, 1.807) is 21.3 Å². The second kappa shape index (κ2) is 11.6. The van der Waals surface area contributed by atoms with E-state index >= 15 is 0 Å². The summed E-state index contributed by atoms with van der Waals surface area (Å²) in [4.78, 5) is 24.5. The molecule has 1 aliphatic rings. The number of hydrogen-bond acceptors (Lipinski definition) is 8. The van der Waals surface area contributed by atoms with E-state index in [1.807, 2.05) is 42.5 Å². The number of thioether (sulfide) groups is 1. The highest BCUT2D eigenvalue weighted by molar-refractivity contribution is 7.99. The SMILES string of the molecule is COC(=O)CCSCC(=O)N1N=C(c2ccc(OC)cc2)C[C@H]1c1cccc(OC)c1OC. The van der Waals surface area contributed by atoms with E-state index in [-0.39, 0.29) is 30.1 Å². The lowest BCUT2D eigenvalue weighted by Crippen LogP contribution is -2.29. The Labute approximate surface area is 197 Å². The quantitative estimate of drug-likeness (QED) is 0.385. The molecule has 9 heteroatoms. The van der Waals surface area contributed by atoms with Crippen molar-refractivity contribution in [3.63, 3.8) is 0 Å². The lowest BCUT2D eigenvalue weighted by Gasteiger charge is -2.24. The summed E-state index contributed by atoms with van der Waals surface area (Å²) in [5, 5.41) is 6.21. The number of nitrogens with zero attached hydrogens (tertiary/aromatic N) is 2. The number of methoxy groups -OCH3 is 4. The van der Waals surface area contributed by atoms with Gasteiger partial charge in [0.15, 0.2) is 11.5 Å². The molecule has 1 atom stereocenters. The van der Waals surface area contributed by atoms with Gasteiger partial charge in [0.1, 0.15) is 5.75 Å². The van der Waals surface area contributed by atoms with Crippen molar-refractivity contribution in [2.45, 2.75) is 18.9 Å². The second-order valence-corrected chi connectivity index (χ2v) is 8.30. The van der Waals surface area contributed by atoms with Gasteiger partial charge in [0.25, 0.3) is 5.91 Å². The van der Waals surface area contributed by atoms with Crippen LogP contribution in [-0.2, 0) is 14.3 Å². The fourth-order valence-corrected chi connectivity index (χ4v) is 4.36. The van der Waals surface area contributed by atoms with Gasteiger partial charge in [-0.25, -0.2) is 5.01 Å². The molecule has 3 rings (SSSR count). The second-order valence-electron chi connectivity index (χ2n) is 7.19. The Morgan fingerprint density at radius 3 is 2.42 bits per heavy atom. The Balaban J connectivity index is 1.87. The normalized spacial score (nSPS) is 15.1. The van der Waals surface area contributed by atoms with Gasteiger partial charge in [0, 0.05) is 17.7 Å². The summed E-state index contributed by atoms with van der Waals surface area (Å²) in [5.41, 5.74) is 2.52. The number of esters is 1. The van der Waals surface area contributed by atoms with Gasteiger partial charge in [-0.3, -0.25) is 9.59 Å². The molecule has 176 valence electrons. The van der Waals surface area contributed by atoms with Crippen LogP contribution in [0.25, 0.3) is 0 Å². The fraction of sp³-hybridized carbons (Fsp3) is 0.375. The van der Waals surface area contributed by atoms with E-state index in [2.05, 4.69) is 4.74 Å². The molecule has 0 spiro atoms. The van der Waals surface area contributed by atoms with Crippen molar-refractivity contribution in [2.24, 2.45) is 5.10 Å². The van der Waals surface area contributed by atoms with Crippen molar-refractivity contribution in [3.05, 3.63) is 53.6 Å². The number of amides is 1. The third-order valence-corrected chi connectivity index (χ3v) is 6.23. The predicted molar refractivity (Wildman–Crippen MR) is 127 cm³/mol. The van der Waals surface area contributed by atoms with E-state index in [4.69, 9.17) is 19.3 Å². The summed E-state index contributed by atoms with van der Waals surface area (Å²) in [6, 6.07) is 12.8. The first-order chi connectivity index (χ1) is 16.0. The third-order valence-electron chi connectivity index (χ3n) is 5.29. The van der Waals surface area contributed by atoms with Crippen LogP contribution < -0.4 is 14.2 Å². The van der Waals surface area contributed by atoms with Crippen molar-refractivity contribution in [3.8, 4) is 17.2 Å². The molecule has 0 radical (unpaired) electrons. The molecule has 0 N–H and O–H groups in total. The summed E-state index contributed by atoms with van der Waals surface area (Å²) >= 11 is 1.37. The van der Waals surface area contributed by atoms with Gasteiger partial charge in [0.05, 0.1) is 52.4 Å². The van der Waals surface area contributed by atoms with Gasteiger partial charge in [-0.2, -0.15) is 16.9 Å². The molecule has 0 bridgehead atoms. The van der Waals surface area contributed by atoms with Crippen LogP contribution in [0.1, 0.15) is 30.0 Å². The fourth-order valence-electron chi connectivity index (χ4n) is 3.60. The maximum atomic E-state index is 13.2. The van der Waals surface area contributed by atoms with Crippen molar-refractivity contribution in [2.75, 3.05) is 39.9 Å². The average Bonchev–Trinajstić information content (AvgIpc) is 3.31. The number of benzene rings is 2. The maximum Gasteiger partial charge on any atom is 0.306 e. The van der Waals surface area contributed by atoms with Crippen LogP contribution >= 0.6 is 11.8 Å². The van der Waals surface area contributed by atoms with Crippen LogP contribution in [0, 0.1) is 0 Å². The van der Waals surface area contributed by atoms with Crippen LogP contribution in [-0.4, -0.2) is 62.5 Å². The molecular weight excluding hydrogens is 444 g/mol. The van der Waals surface area contributed by atoms with E-state index in [0.717, 1.165) is 22.6 Å². The first kappa shape index (κ1) is 24.4. The number of para-hydroxylation sites is 1. The highest BCUT2D eigenvalue weighted by Gasteiger charge is 2.35. The van der Waals surface area contributed by atoms with Gasteiger partial charge >= 0.3 is 5.97 Å². The van der Waals surface area contributed by atoms with Crippen molar-refractivity contribution in [1.29, 1.82) is 0 Å². The standard InChI is InChI=1S/C24H28N2O6S/c1-29-17-10-8-16(9-11-17)19-14-20(18-6-5-7-21(30-2)24(18)32-4)26(25-19)22(27)15-33-13-12-23(28)31-3/h5-11,20H,12-15H2,1-4H3/t20-/m0/s1. The Kier molecular flexibility index (Phi) is 8.59. The first-order valence-electron chi connectivity index (χ1n) is 10.4. The Hall–Kier alpha value is -3.20. The Morgan fingerprint density at radius 1 is 1.03 bits per heavy atom. The highest BCUT2D eigenvalue weighted by atomic mass is 32.2. The topological polar surface area (TPSA) is 86.7 Å². The Bertz CT molecular complexity index is 1010. The number of hydrazone groups is 1. The zero-order valence-corrected chi connectivity index (χ0v) is 20.0. The van der Waals surface area contributed by atoms with Gasteiger partial charge in [-0.05, 0) is 35.9 Å². The number of rotatable bonds is 10. The monoisotopic (exact) mass is 472 g/mol.